The number of aromatic nitrogens is 1. The van der Waals surface area contributed by atoms with Crippen molar-refractivity contribution in [3.63, 3.8) is 0 Å². The van der Waals surface area contributed by atoms with Crippen LogP contribution in [0.5, 0.6) is 0 Å². The van der Waals surface area contributed by atoms with Crippen LogP contribution in [0.4, 0.5) is 0 Å². The molecular formula is C17H17NSSi. The molecule has 2 heterocycles. The molecule has 0 fully saturated rings. The number of rotatable bonds is 3. The van der Waals surface area contributed by atoms with E-state index in [9.17, 15) is 0 Å². The highest BCUT2D eigenvalue weighted by atomic mass is 32.1. The predicted molar refractivity (Wildman–Crippen MR) is 90.7 cm³/mol. The highest BCUT2D eigenvalue weighted by Crippen LogP contribution is 2.23. The lowest BCUT2D eigenvalue weighted by Crippen LogP contribution is -2.51. The van der Waals surface area contributed by atoms with E-state index in [1.54, 1.807) is 0 Å². The van der Waals surface area contributed by atoms with Crippen molar-refractivity contribution in [2.75, 3.05) is 0 Å². The van der Waals surface area contributed by atoms with Crippen LogP contribution in [0.2, 0.25) is 13.1 Å². The summed E-state index contributed by atoms with van der Waals surface area (Å²) in [5, 5.41) is 1.48. The van der Waals surface area contributed by atoms with Crippen LogP contribution in [0.25, 0.3) is 10.6 Å². The SMILES string of the molecule is C[Si](C)(c1ccccc1)c1ccc(-c2ccccn2)s1. The van der Waals surface area contributed by atoms with E-state index in [2.05, 4.69) is 66.6 Å². The van der Waals surface area contributed by atoms with Gasteiger partial charge >= 0.3 is 0 Å². The number of hydrogen-bond acceptors (Lipinski definition) is 2. The van der Waals surface area contributed by atoms with Crippen LogP contribution in [0.15, 0.2) is 66.9 Å². The summed E-state index contributed by atoms with van der Waals surface area (Å²) in [7, 11) is -1.58. The molecule has 0 N–H and O–H groups in total. The number of nitrogens with zero attached hydrogens (tertiary/aromatic N) is 1. The lowest BCUT2D eigenvalue weighted by Gasteiger charge is -2.21. The molecule has 0 radical (unpaired) electrons. The Bertz CT molecular complexity index is 689. The van der Waals surface area contributed by atoms with E-state index in [0.29, 0.717) is 0 Å². The first-order chi connectivity index (χ1) is 9.68. The molecule has 2 aromatic heterocycles. The van der Waals surface area contributed by atoms with E-state index in [-0.39, 0.29) is 0 Å². The van der Waals surface area contributed by atoms with Crippen LogP contribution in [-0.4, -0.2) is 13.1 Å². The molecule has 0 saturated heterocycles. The van der Waals surface area contributed by atoms with Gasteiger partial charge in [-0.2, -0.15) is 0 Å². The smallest absolute Gasteiger partial charge is 0.124 e. The van der Waals surface area contributed by atoms with Gasteiger partial charge < -0.3 is 0 Å². The fourth-order valence-corrected chi connectivity index (χ4v) is 6.57. The van der Waals surface area contributed by atoms with Crippen LogP contribution < -0.4 is 9.69 Å². The Kier molecular flexibility index (Phi) is 3.55. The molecule has 3 aromatic rings. The van der Waals surface area contributed by atoms with E-state index in [1.807, 2.05) is 29.7 Å². The molecule has 100 valence electrons. The molecule has 0 atom stereocenters. The highest BCUT2D eigenvalue weighted by molar-refractivity contribution is 7.31. The van der Waals surface area contributed by atoms with Crippen molar-refractivity contribution < 1.29 is 0 Å². The Hall–Kier alpha value is -1.71. The zero-order valence-corrected chi connectivity index (χ0v) is 13.5. The fraction of sp³-hybridized carbons (Fsp3) is 0.118. The number of pyridine rings is 1. The quantitative estimate of drug-likeness (QED) is 0.672. The van der Waals surface area contributed by atoms with Crippen molar-refractivity contribution >= 4 is 29.1 Å². The van der Waals surface area contributed by atoms with Crippen molar-refractivity contribution in [2.45, 2.75) is 13.1 Å². The number of benzene rings is 1. The summed E-state index contributed by atoms with van der Waals surface area (Å²) >= 11 is 1.89. The van der Waals surface area contributed by atoms with Crippen LogP contribution in [0, 0.1) is 0 Å². The van der Waals surface area contributed by atoms with Crippen LogP contribution in [-0.2, 0) is 0 Å². The molecule has 1 nitrogen and oxygen atoms in total. The Morgan fingerprint density at radius 2 is 1.60 bits per heavy atom. The molecule has 0 aliphatic heterocycles. The van der Waals surface area contributed by atoms with E-state index in [0.717, 1.165) is 5.69 Å². The lowest BCUT2D eigenvalue weighted by atomic mass is 10.3. The maximum absolute atomic E-state index is 4.44. The van der Waals surface area contributed by atoms with Crippen LogP contribution in [0.1, 0.15) is 0 Å². The van der Waals surface area contributed by atoms with Gasteiger partial charge in [0.1, 0.15) is 8.07 Å². The summed E-state index contributed by atoms with van der Waals surface area (Å²) in [6, 6.07) is 21.4. The molecule has 0 bridgehead atoms. The average molecular weight is 295 g/mol. The minimum absolute atomic E-state index is 1.07. The van der Waals surface area contributed by atoms with Crippen molar-refractivity contribution in [3.8, 4) is 10.6 Å². The zero-order chi connectivity index (χ0) is 14.0. The molecule has 1 aromatic carbocycles. The summed E-state index contributed by atoms with van der Waals surface area (Å²) < 4.78 is 1.50. The summed E-state index contributed by atoms with van der Waals surface area (Å²) in [6.07, 6.45) is 1.86. The zero-order valence-electron chi connectivity index (χ0n) is 11.7. The minimum atomic E-state index is -1.58. The second-order valence-electron chi connectivity index (χ2n) is 5.37. The Morgan fingerprint density at radius 1 is 0.850 bits per heavy atom. The summed E-state index contributed by atoms with van der Waals surface area (Å²) in [5.74, 6) is 0. The second-order valence-corrected chi connectivity index (χ2v) is 11.2. The van der Waals surface area contributed by atoms with Gasteiger partial charge in [0.2, 0.25) is 0 Å². The van der Waals surface area contributed by atoms with Gasteiger partial charge in [0.15, 0.2) is 0 Å². The monoisotopic (exact) mass is 295 g/mol. The minimum Gasteiger partial charge on any atom is -0.255 e. The number of thiophene rings is 1. The predicted octanol–water partition coefficient (Wildman–Crippen LogP) is 3.63. The molecule has 0 unspecified atom stereocenters. The summed E-state index contributed by atoms with van der Waals surface area (Å²) in [5.41, 5.74) is 1.07. The first kappa shape index (κ1) is 13.3. The molecule has 0 amide bonds. The topological polar surface area (TPSA) is 12.9 Å². The Morgan fingerprint density at radius 3 is 2.30 bits per heavy atom. The van der Waals surface area contributed by atoms with E-state index in [1.165, 1.54) is 14.6 Å². The maximum atomic E-state index is 4.44. The first-order valence-electron chi connectivity index (χ1n) is 6.75. The average Bonchev–Trinajstić information content (AvgIpc) is 3.00. The summed E-state index contributed by atoms with van der Waals surface area (Å²) in [6.45, 7) is 4.83. The van der Waals surface area contributed by atoms with Gasteiger partial charge in [0.05, 0.1) is 10.6 Å². The molecule has 3 heteroatoms. The first-order valence-corrected chi connectivity index (χ1v) is 10.6. The molecule has 0 spiro atoms. The van der Waals surface area contributed by atoms with E-state index in [4.69, 9.17) is 0 Å². The van der Waals surface area contributed by atoms with Gasteiger partial charge in [-0.05, 0) is 22.7 Å². The molecule has 20 heavy (non-hydrogen) atoms. The molecular weight excluding hydrogens is 278 g/mol. The van der Waals surface area contributed by atoms with Gasteiger partial charge in [-0.25, -0.2) is 0 Å². The molecule has 3 rings (SSSR count). The fourth-order valence-electron chi connectivity index (χ4n) is 2.32. The van der Waals surface area contributed by atoms with Crippen molar-refractivity contribution in [1.29, 1.82) is 0 Å². The molecule has 0 aliphatic rings. The van der Waals surface area contributed by atoms with Gasteiger partial charge in [0, 0.05) is 6.20 Å². The van der Waals surface area contributed by atoms with Crippen molar-refractivity contribution in [1.82, 2.24) is 4.98 Å². The van der Waals surface area contributed by atoms with Gasteiger partial charge in [-0.3, -0.25) is 4.98 Å². The van der Waals surface area contributed by atoms with Crippen LogP contribution in [0.3, 0.4) is 0 Å². The Labute approximate surface area is 125 Å². The second kappa shape index (κ2) is 5.35. The van der Waals surface area contributed by atoms with Gasteiger partial charge in [0.25, 0.3) is 0 Å². The molecule has 0 aliphatic carbocycles. The van der Waals surface area contributed by atoms with E-state index < -0.39 is 8.07 Å². The summed E-state index contributed by atoms with van der Waals surface area (Å²) in [4.78, 5) is 5.70. The van der Waals surface area contributed by atoms with Gasteiger partial charge in [-0.15, -0.1) is 11.3 Å². The molecule has 0 saturated carbocycles. The number of hydrogen-bond donors (Lipinski definition) is 0. The lowest BCUT2D eigenvalue weighted by molar-refractivity contribution is 1.34. The standard InChI is InChI=1S/C17H17NSSi/c1-20(2,14-8-4-3-5-9-14)17-12-11-16(19-17)15-10-6-7-13-18-15/h3-13H,1-2H3. The van der Waals surface area contributed by atoms with Crippen molar-refractivity contribution in [2.24, 2.45) is 0 Å². The Balaban J connectivity index is 1.98. The van der Waals surface area contributed by atoms with Crippen molar-refractivity contribution in [3.05, 3.63) is 66.9 Å². The third-order valence-electron chi connectivity index (χ3n) is 3.63. The third kappa shape index (κ3) is 2.47. The maximum Gasteiger partial charge on any atom is 0.124 e. The van der Waals surface area contributed by atoms with Gasteiger partial charge in [-0.1, -0.05) is 60.7 Å². The largest absolute Gasteiger partial charge is 0.255 e. The third-order valence-corrected chi connectivity index (χ3v) is 9.57. The van der Waals surface area contributed by atoms with Crippen LogP contribution >= 0.6 is 11.3 Å². The van der Waals surface area contributed by atoms with E-state index >= 15 is 0 Å². The highest BCUT2D eigenvalue weighted by Gasteiger charge is 2.27. The normalized spacial score (nSPS) is 11.5.